The fourth-order valence-electron chi connectivity index (χ4n) is 1.40. The quantitative estimate of drug-likeness (QED) is 0.691. The maximum atomic E-state index is 10.6. The summed E-state index contributed by atoms with van der Waals surface area (Å²) in [4.78, 5) is 16.2. The number of pyridine rings is 1. The molecule has 0 unspecified atom stereocenters. The molecule has 1 aliphatic heterocycles. The number of anilines is 1. The second-order valence-corrected chi connectivity index (χ2v) is 3.26. The van der Waals surface area contributed by atoms with E-state index < -0.39 is 5.97 Å². The van der Waals surface area contributed by atoms with E-state index in [1.807, 2.05) is 4.90 Å². The van der Waals surface area contributed by atoms with Gasteiger partial charge in [-0.05, 0) is 12.1 Å². The Bertz CT molecular complexity index is 361. The van der Waals surface area contributed by atoms with Crippen molar-refractivity contribution in [3.63, 3.8) is 0 Å². The first-order valence-corrected chi connectivity index (χ1v) is 4.29. The smallest absolute Gasteiger partial charge is 0.354 e. The highest BCUT2D eigenvalue weighted by Gasteiger charge is 2.24. The van der Waals surface area contributed by atoms with Crippen LogP contribution in [0.25, 0.3) is 0 Å². The van der Waals surface area contributed by atoms with E-state index in [1.54, 1.807) is 6.07 Å². The number of carboxylic acids is 1. The molecule has 2 rings (SSSR count). The van der Waals surface area contributed by atoms with Crippen LogP contribution in [0.4, 0.5) is 5.69 Å². The summed E-state index contributed by atoms with van der Waals surface area (Å²) in [6.45, 7) is 1.12. The first-order valence-electron chi connectivity index (χ1n) is 4.29. The zero-order valence-corrected chi connectivity index (χ0v) is 7.42. The third-order valence-corrected chi connectivity index (χ3v) is 2.19. The van der Waals surface area contributed by atoms with Crippen molar-refractivity contribution in [3.8, 4) is 0 Å². The summed E-state index contributed by atoms with van der Waals surface area (Å²) in [6, 6.07) is 3.24. The van der Waals surface area contributed by atoms with Crippen molar-refractivity contribution in [1.82, 2.24) is 4.98 Å². The fraction of sp³-hybridized carbons (Fsp3) is 0.333. The highest BCUT2D eigenvalue weighted by atomic mass is 16.4. The van der Waals surface area contributed by atoms with Gasteiger partial charge in [0.05, 0.1) is 6.10 Å². The van der Waals surface area contributed by atoms with E-state index >= 15 is 0 Å². The number of rotatable bonds is 2. The highest BCUT2D eigenvalue weighted by Crippen LogP contribution is 2.20. The number of nitrogens with zero attached hydrogens (tertiary/aromatic N) is 2. The molecule has 0 aliphatic carbocycles. The lowest BCUT2D eigenvalue weighted by atomic mass is 10.1. The van der Waals surface area contributed by atoms with Crippen LogP contribution in [0.5, 0.6) is 0 Å². The minimum absolute atomic E-state index is 0.0314. The maximum Gasteiger partial charge on any atom is 0.354 e. The van der Waals surface area contributed by atoms with E-state index in [1.165, 1.54) is 12.3 Å². The lowest BCUT2D eigenvalue weighted by Gasteiger charge is -2.37. The number of aliphatic hydroxyl groups is 1. The van der Waals surface area contributed by atoms with Crippen LogP contribution >= 0.6 is 0 Å². The summed E-state index contributed by atoms with van der Waals surface area (Å²) in [6.07, 6.45) is 1.17. The van der Waals surface area contributed by atoms with Crippen molar-refractivity contribution in [2.45, 2.75) is 6.10 Å². The summed E-state index contributed by atoms with van der Waals surface area (Å²) in [5, 5.41) is 17.8. The van der Waals surface area contributed by atoms with E-state index in [-0.39, 0.29) is 11.8 Å². The Balaban J connectivity index is 2.18. The molecule has 5 nitrogen and oxygen atoms in total. The molecule has 5 heteroatoms. The van der Waals surface area contributed by atoms with E-state index in [2.05, 4.69) is 4.98 Å². The number of carbonyl (C=O) groups is 1. The third kappa shape index (κ3) is 1.54. The molecule has 1 aliphatic rings. The van der Waals surface area contributed by atoms with Crippen molar-refractivity contribution in [2.75, 3.05) is 18.0 Å². The van der Waals surface area contributed by atoms with Crippen molar-refractivity contribution in [2.24, 2.45) is 0 Å². The SMILES string of the molecule is O=C(O)c1cc(N2CC(O)C2)ccn1. The van der Waals surface area contributed by atoms with Gasteiger partial charge in [-0.3, -0.25) is 0 Å². The minimum atomic E-state index is -1.03. The van der Waals surface area contributed by atoms with E-state index in [0.717, 1.165) is 5.69 Å². The van der Waals surface area contributed by atoms with Gasteiger partial charge in [-0.2, -0.15) is 0 Å². The molecule has 0 radical (unpaired) electrons. The van der Waals surface area contributed by atoms with E-state index in [4.69, 9.17) is 10.2 Å². The van der Waals surface area contributed by atoms with Crippen LogP contribution in [-0.4, -0.2) is 40.4 Å². The van der Waals surface area contributed by atoms with Crippen LogP contribution in [0.1, 0.15) is 10.5 Å². The summed E-state index contributed by atoms with van der Waals surface area (Å²) in [7, 11) is 0. The summed E-state index contributed by atoms with van der Waals surface area (Å²) in [5.41, 5.74) is 0.826. The number of aromatic carboxylic acids is 1. The Morgan fingerprint density at radius 2 is 2.29 bits per heavy atom. The molecule has 1 aromatic heterocycles. The average molecular weight is 194 g/mol. The highest BCUT2D eigenvalue weighted by molar-refractivity contribution is 5.86. The summed E-state index contributed by atoms with van der Waals surface area (Å²) >= 11 is 0. The number of hydrogen-bond acceptors (Lipinski definition) is 4. The molecule has 1 aromatic rings. The van der Waals surface area contributed by atoms with Crippen molar-refractivity contribution in [1.29, 1.82) is 0 Å². The molecule has 0 amide bonds. The van der Waals surface area contributed by atoms with Crippen molar-refractivity contribution in [3.05, 3.63) is 24.0 Å². The molecule has 14 heavy (non-hydrogen) atoms. The molecular formula is C9H10N2O3. The molecular weight excluding hydrogens is 184 g/mol. The van der Waals surface area contributed by atoms with Gasteiger partial charge in [-0.25, -0.2) is 9.78 Å². The Kier molecular flexibility index (Phi) is 2.09. The van der Waals surface area contributed by atoms with Gasteiger partial charge in [0, 0.05) is 25.0 Å². The Morgan fingerprint density at radius 1 is 1.57 bits per heavy atom. The zero-order valence-electron chi connectivity index (χ0n) is 7.42. The Hall–Kier alpha value is -1.62. The lowest BCUT2D eigenvalue weighted by Crippen LogP contribution is -2.50. The predicted octanol–water partition coefficient (Wildman–Crippen LogP) is -0.0393. The molecule has 2 N–H and O–H groups in total. The normalized spacial score (nSPS) is 16.5. The predicted molar refractivity (Wildman–Crippen MR) is 49.4 cm³/mol. The van der Waals surface area contributed by atoms with Gasteiger partial charge in [0.2, 0.25) is 0 Å². The van der Waals surface area contributed by atoms with Crippen LogP contribution in [0, 0.1) is 0 Å². The van der Waals surface area contributed by atoms with E-state index in [0.29, 0.717) is 13.1 Å². The van der Waals surface area contributed by atoms with Crippen molar-refractivity contribution < 1.29 is 15.0 Å². The van der Waals surface area contributed by atoms with Crippen LogP contribution in [0.3, 0.4) is 0 Å². The van der Waals surface area contributed by atoms with Gasteiger partial charge in [0.25, 0.3) is 0 Å². The fourth-order valence-corrected chi connectivity index (χ4v) is 1.40. The van der Waals surface area contributed by atoms with Gasteiger partial charge in [0.15, 0.2) is 0 Å². The van der Waals surface area contributed by atoms with Crippen LogP contribution < -0.4 is 4.90 Å². The number of aromatic nitrogens is 1. The minimum Gasteiger partial charge on any atom is -0.477 e. The van der Waals surface area contributed by atoms with Crippen LogP contribution in [0.15, 0.2) is 18.3 Å². The number of β-amino-alcohol motifs (C(OH)–C–C–N with tert-alkyl or cyclic N) is 1. The zero-order chi connectivity index (χ0) is 10.1. The Labute approximate surface area is 80.6 Å². The number of hydrogen-bond donors (Lipinski definition) is 2. The molecule has 0 spiro atoms. The largest absolute Gasteiger partial charge is 0.477 e. The van der Waals surface area contributed by atoms with Gasteiger partial charge in [-0.1, -0.05) is 0 Å². The molecule has 0 aromatic carbocycles. The van der Waals surface area contributed by atoms with Gasteiger partial charge < -0.3 is 15.1 Å². The third-order valence-electron chi connectivity index (χ3n) is 2.19. The molecule has 2 heterocycles. The maximum absolute atomic E-state index is 10.6. The molecule has 0 bridgehead atoms. The Morgan fingerprint density at radius 3 is 2.86 bits per heavy atom. The monoisotopic (exact) mass is 194 g/mol. The molecule has 1 saturated heterocycles. The van der Waals surface area contributed by atoms with Gasteiger partial charge >= 0.3 is 5.97 Å². The second-order valence-electron chi connectivity index (χ2n) is 3.26. The molecule has 74 valence electrons. The van der Waals surface area contributed by atoms with Gasteiger partial charge in [-0.15, -0.1) is 0 Å². The number of carboxylic acid groups (broad SMARTS) is 1. The van der Waals surface area contributed by atoms with E-state index in [9.17, 15) is 4.79 Å². The average Bonchev–Trinajstić information content (AvgIpc) is 2.13. The second kappa shape index (κ2) is 3.26. The number of aliphatic hydroxyl groups excluding tert-OH is 1. The molecule has 0 saturated carbocycles. The standard InChI is InChI=1S/C9H10N2O3/c12-7-4-11(5-7)6-1-2-10-8(3-6)9(13)14/h1-3,7,12H,4-5H2,(H,13,14). The van der Waals surface area contributed by atoms with Gasteiger partial charge in [0.1, 0.15) is 5.69 Å². The molecule has 0 atom stereocenters. The lowest BCUT2D eigenvalue weighted by molar-refractivity contribution is 0.0690. The first kappa shape index (κ1) is 8.96. The van der Waals surface area contributed by atoms with Crippen LogP contribution in [-0.2, 0) is 0 Å². The summed E-state index contributed by atoms with van der Waals surface area (Å²) in [5.74, 6) is -1.03. The first-order chi connectivity index (χ1) is 6.66. The summed E-state index contributed by atoms with van der Waals surface area (Å²) < 4.78 is 0. The van der Waals surface area contributed by atoms with Crippen molar-refractivity contribution >= 4 is 11.7 Å². The van der Waals surface area contributed by atoms with Crippen LogP contribution in [0.2, 0.25) is 0 Å². The topological polar surface area (TPSA) is 73.7 Å². The molecule has 1 fully saturated rings.